The van der Waals surface area contributed by atoms with Crippen LogP contribution < -0.4 is 10.0 Å². The monoisotopic (exact) mass is 261 g/mol. The van der Waals surface area contributed by atoms with Crippen LogP contribution in [0, 0.1) is 6.92 Å². The highest BCUT2D eigenvalue weighted by atomic mass is 32.2. The maximum absolute atomic E-state index is 11.8. The third-order valence-electron chi connectivity index (χ3n) is 2.45. The van der Waals surface area contributed by atoms with E-state index in [1.165, 1.54) is 11.3 Å². The van der Waals surface area contributed by atoms with Gasteiger partial charge in [-0.3, -0.25) is 4.72 Å². The fraction of sp³-hybridized carbons (Fsp3) is 0.667. The molecule has 7 heteroatoms. The average Bonchev–Trinajstić information content (AvgIpc) is 2.76. The first-order valence-corrected chi connectivity index (χ1v) is 7.68. The minimum atomic E-state index is -3.27. The summed E-state index contributed by atoms with van der Waals surface area (Å²) in [6.45, 7) is 2.81. The molecule has 2 rings (SSSR count). The molecule has 1 fully saturated rings. The molecule has 2 heterocycles. The zero-order valence-electron chi connectivity index (χ0n) is 9.06. The van der Waals surface area contributed by atoms with Crippen molar-refractivity contribution in [2.24, 2.45) is 0 Å². The Morgan fingerprint density at radius 3 is 3.06 bits per heavy atom. The van der Waals surface area contributed by atoms with Crippen molar-refractivity contribution in [1.82, 2.24) is 10.3 Å². The quantitative estimate of drug-likeness (QED) is 0.846. The molecule has 5 nitrogen and oxygen atoms in total. The lowest BCUT2D eigenvalue weighted by Crippen LogP contribution is -2.32. The molecule has 2 N–H and O–H groups in total. The summed E-state index contributed by atoms with van der Waals surface area (Å²) in [4.78, 5) is 4.98. The Bertz CT molecular complexity index is 449. The van der Waals surface area contributed by atoms with Gasteiger partial charge < -0.3 is 5.32 Å². The molecule has 0 aliphatic carbocycles. The molecule has 1 aliphatic rings. The summed E-state index contributed by atoms with van der Waals surface area (Å²) >= 11 is 1.35. The summed E-state index contributed by atoms with van der Waals surface area (Å²) in [5.41, 5.74) is 0. The summed E-state index contributed by atoms with van der Waals surface area (Å²) in [6.07, 6.45) is 3.64. The molecule has 0 amide bonds. The molecule has 1 aliphatic heterocycles. The van der Waals surface area contributed by atoms with Crippen LogP contribution in [0.1, 0.15) is 17.7 Å². The van der Waals surface area contributed by atoms with E-state index in [9.17, 15) is 8.42 Å². The second kappa shape index (κ2) is 4.68. The van der Waals surface area contributed by atoms with Crippen molar-refractivity contribution in [3.63, 3.8) is 0 Å². The van der Waals surface area contributed by atoms with Crippen molar-refractivity contribution >= 4 is 26.5 Å². The standard InChI is InChI=1S/C9H15N3O2S2/c1-7-5-11-9(15-7)12-16(13,14)6-8-3-2-4-10-8/h5,8,10H,2-4,6H2,1H3,(H,11,12). The molecule has 16 heavy (non-hydrogen) atoms. The predicted octanol–water partition coefficient (Wildman–Crippen LogP) is 0.945. The van der Waals surface area contributed by atoms with Crippen LogP contribution in [0.2, 0.25) is 0 Å². The van der Waals surface area contributed by atoms with Gasteiger partial charge in [-0.2, -0.15) is 0 Å². The van der Waals surface area contributed by atoms with Gasteiger partial charge in [0.1, 0.15) is 0 Å². The van der Waals surface area contributed by atoms with Crippen LogP contribution in [0.5, 0.6) is 0 Å². The number of sulfonamides is 1. The molecule has 0 radical (unpaired) electrons. The van der Waals surface area contributed by atoms with E-state index in [0.717, 1.165) is 24.3 Å². The molecule has 90 valence electrons. The molecule has 0 aromatic carbocycles. The van der Waals surface area contributed by atoms with E-state index in [4.69, 9.17) is 0 Å². The van der Waals surface area contributed by atoms with E-state index in [-0.39, 0.29) is 11.8 Å². The highest BCUT2D eigenvalue weighted by Gasteiger charge is 2.22. The molecule has 1 aromatic heterocycles. The van der Waals surface area contributed by atoms with Gasteiger partial charge in [-0.05, 0) is 26.3 Å². The van der Waals surface area contributed by atoms with Gasteiger partial charge in [0.15, 0.2) is 5.13 Å². The maximum atomic E-state index is 11.8. The summed E-state index contributed by atoms with van der Waals surface area (Å²) in [5.74, 6) is 0.131. The number of hydrogen-bond donors (Lipinski definition) is 2. The Hall–Kier alpha value is -0.660. The molecule has 1 atom stereocenters. The van der Waals surface area contributed by atoms with Gasteiger partial charge in [-0.1, -0.05) is 0 Å². The first-order valence-electron chi connectivity index (χ1n) is 5.21. The molecule has 0 bridgehead atoms. The summed E-state index contributed by atoms with van der Waals surface area (Å²) in [6, 6.07) is 0.0820. The number of nitrogens with zero attached hydrogens (tertiary/aromatic N) is 1. The van der Waals surface area contributed by atoms with Gasteiger partial charge in [0, 0.05) is 17.1 Å². The third kappa shape index (κ3) is 3.16. The topological polar surface area (TPSA) is 71.1 Å². The fourth-order valence-corrected chi connectivity index (χ4v) is 4.02. The van der Waals surface area contributed by atoms with Crippen molar-refractivity contribution in [3.8, 4) is 0 Å². The molecule has 1 unspecified atom stereocenters. The number of thiazole rings is 1. The van der Waals surface area contributed by atoms with E-state index in [1.807, 2.05) is 6.92 Å². The lowest BCUT2D eigenvalue weighted by Gasteiger charge is -2.10. The number of anilines is 1. The lowest BCUT2D eigenvalue weighted by molar-refractivity contribution is 0.582. The third-order valence-corrected chi connectivity index (χ3v) is 4.75. The summed E-state index contributed by atoms with van der Waals surface area (Å²) < 4.78 is 26.1. The summed E-state index contributed by atoms with van der Waals surface area (Å²) in [7, 11) is -3.27. The van der Waals surface area contributed by atoms with Crippen LogP contribution in [-0.2, 0) is 10.0 Å². The Morgan fingerprint density at radius 1 is 1.69 bits per heavy atom. The van der Waals surface area contributed by atoms with Gasteiger partial charge >= 0.3 is 0 Å². The van der Waals surface area contributed by atoms with Crippen molar-refractivity contribution in [3.05, 3.63) is 11.1 Å². The van der Waals surface area contributed by atoms with Crippen LogP contribution in [0.25, 0.3) is 0 Å². The first-order chi connectivity index (χ1) is 7.55. The Kier molecular flexibility index (Phi) is 3.46. The highest BCUT2D eigenvalue weighted by molar-refractivity contribution is 7.92. The smallest absolute Gasteiger partial charge is 0.236 e. The van der Waals surface area contributed by atoms with Crippen LogP contribution in [-0.4, -0.2) is 31.7 Å². The van der Waals surface area contributed by atoms with Crippen molar-refractivity contribution < 1.29 is 8.42 Å². The second-order valence-electron chi connectivity index (χ2n) is 3.95. The maximum Gasteiger partial charge on any atom is 0.236 e. The molecular formula is C9H15N3O2S2. The zero-order chi connectivity index (χ0) is 11.6. The minimum Gasteiger partial charge on any atom is -0.313 e. The van der Waals surface area contributed by atoms with Gasteiger partial charge in [0.25, 0.3) is 0 Å². The number of rotatable bonds is 4. The molecular weight excluding hydrogens is 246 g/mol. The number of aromatic nitrogens is 1. The molecule has 1 saturated heterocycles. The van der Waals surface area contributed by atoms with Crippen molar-refractivity contribution in [2.45, 2.75) is 25.8 Å². The van der Waals surface area contributed by atoms with E-state index >= 15 is 0 Å². The Labute approximate surface area is 99.3 Å². The number of aryl methyl sites for hydroxylation is 1. The number of nitrogens with one attached hydrogen (secondary N) is 2. The SMILES string of the molecule is Cc1cnc(NS(=O)(=O)CC2CCCN2)s1. The van der Waals surface area contributed by atoms with E-state index in [1.54, 1.807) is 6.20 Å². The van der Waals surface area contributed by atoms with Crippen LogP contribution in [0.3, 0.4) is 0 Å². The normalized spacial score (nSPS) is 21.2. The van der Waals surface area contributed by atoms with Crippen LogP contribution in [0.15, 0.2) is 6.20 Å². The Balaban J connectivity index is 1.96. The average molecular weight is 261 g/mol. The van der Waals surface area contributed by atoms with E-state index in [0.29, 0.717) is 5.13 Å². The zero-order valence-corrected chi connectivity index (χ0v) is 10.7. The number of hydrogen-bond acceptors (Lipinski definition) is 5. The van der Waals surface area contributed by atoms with E-state index < -0.39 is 10.0 Å². The molecule has 0 saturated carbocycles. The predicted molar refractivity (Wildman–Crippen MR) is 65.3 cm³/mol. The first kappa shape index (κ1) is 11.8. The summed E-state index contributed by atoms with van der Waals surface area (Å²) in [5, 5.41) is 3.62. The second-order valence-corrected chi connectivity index (χ2v) is 6.95. The van der Waals surface area contributed by atoms with Crippen LogP contribution in [0.4, 0.5) is 5.13 Å². The van der Waals surface area contributed by atoms with Gasteiger partial charge in [0.2, 0.25) is 10.0 Å². The highest BCUT2D eigenvalue weighted by Crippen LogP contribution is 2.18. The Morgan fingerprint density at radius 2 is 2.50 bits per heavy atom. The minimum absolute atomic E-state index is 0.0820. The fourth-order valence-electron chi connectivity index (χ4n) is 1.74. The van der Waals surface area contributed by atoms with E-state index in [2.05, 4.69) is 15.0 Å². The van der Waals surface area contributed by atoms with Gasteiger partial charge in [-0.15, -0.1) is 11.3 Å². The molecule has 1 aromatic rings. The van der Waals surface area contributed by atoms with Crippen LogP contribution >= 0.6 is 11.3 Å². The van der Waals surface area contributed by atoms with Crippen molar-refractivity contribution in [1.29, 1.82) is 0 Å². The van der Waals surface area contributed by atoms with Gasteiger partial charge in [-0.25, -0.2) is 13.4 Å². The lowest BCUT2D eigenvalue weighted by atomic mass is 10.3. The van der Waals surface area contributed by atoms with Gasteiger partial charge in [0.05, 0.1) is 5.75 Å². The molecule has 0 spiro atoms. The van der Waals surface area contributed by atoms with Crippen molar-refractivity contribution in [2.75, 3.05) is 17.0 Å². The largest absolute Gasteiger partial charge is 0.313 e.